The molecule has 0 amide bonds. The Morgan fingerprint density at radius 2 is 1.75 bits per heavy atom. The smallest absolute Gasteiger partial charge is 0.138 e. The molecule has 4 heteroatoms. The van der Waals surface area contributed by atoms with E-state index in [1.54, 1.807) is 0 Å². The third-order valence-electron chi connectivity index (χ3n) is 4.70. The van der Waals surface area contributed by atoms with Gasteiger partial charge in [0, 0.05) is 34.6 Å². The van der Waals surface area contributed by atoms with Crippen molar-refractivity contribution in [3.63, 3.8) is 0 Å². The molecule has 4 aromatic rings. The Morgan fingerprint density at radius 1 is 0.917 bits per heavy atom. The number of aromatic amines is 1. The minimum atomic E-state index is 0.0472. The van der Waals surface area contributed by atoms with E-state index in [1.807, 2.05) is 18.3 Å². The van der Waals surface area contributed by atoms with Crippen molar-refractivity contribution in [1.82, 2.24) is 9.97 Å². The zero-order valence-electron chi connectivity index (χ0n) is 13.0. The average molecular weight is 307 g/mol. The van der Waals surface area contributed by atoms with Gasteiger partial charge in [-0.2, -0.15) is 0 Å². The van der Waals surface area contributed by atoms with Crippen LogP contribution in [0.15, 0.2) is 67.0 Å². The number of anilines is 1. The lowest BCUT2D eigenvalue weighted by Gasteiger charge is -2.19. The van der Waals surface area contributed by atoms with Gasteiger partial charge in [-0.05, 0) is 23.3 Å². The van der Waals surface area contributed by atoms with Crippen molar-refractivity contribution >= 4 is 30.0 Å². The summed E-state index contributed by atoms with van der Waals surface area (Å²) in [6.07, 6.45) is 3.92. The third-order valence-corrected chi connectivity index (χ3v) is 4.70. The number of aromatic nitrogens is 2. The molecule has 2 aromatic carbocycles. The van der Waals surface area contributed by atoms with E-state index in [4.69, 9.17) is 7.85 Å². The fraction of sp³-hybridized carbons (Fsp3) is 0.0500. The Bertz CT molecular complexity index is 1050. The number of H-pyrrole nitrogens is 1. The van der Waals surface area contributed by atoms with Crippen LogP contribution >= 0.6 is 0 Å². The van der Waals surface area contributed by atoms with Gasteiger partial charge in [0.05, 0.1) is 6.04 Å². The molecule has 1 unspecified atom stereocenters. The van der Waals surface area contributed by atoms with Gasteiger partial charge in [0.2, 0.25) is 0 Å². The van der Waals surface area contributed by atoms with Crippen molar-refractivity contribution in [3.05, 3.63) is 78.1 Å². The standard InChI is InChI=1S/C20H14BN3/c21-13-7-5-12(6-8-13)19-16-11-23-20-18(16)15(9-10-22-20)14-3-1-2-4-17(14)24-19/h1-11,19,24H,(H,22,23). The summed E-state index contributed by atoms with van der Waals surface area (Å²) >= 11 is 0. The number of rotatable bonds is 1. The molecule has 0 bridgehead atoms. The summed E-state index contributed by atoms with van der Waals surface area (Å²) in [5.41, 5.74) is 7.60. The third kappa shape index (κ3) is 1.89. The number of nitrogens with zero attached hydrogens (tertiary/aromatic N) is 1. The van der Waals surface area contributed by atoms with Crippen LogP contribution < -0.4 is 10.8 Å². The first kappa shape index (κ1) is 13.4. The zero-order valence-corrected chi connectivity index (χ0v) is 13.0. The summed E-state index contributed by atoms with van der Waals surface area (Å²) in [7, 11) is 5.86. The van der Waals surface area contributed by atoms with Crippen LogP contribution in [0.1, 0.15) is 17.2 Å². The Kier molecular flexibility index (Phi) is 2.80. The number of hydrogen-bond acceptors (Lipinski definition) is 2. The van der Waals surface area contributed by atoms with Crippen LogP contribution in [-0.2, 0) is 0 Å². The van der Waals surface area contributed by atoms with Crippen LogP contribution in [0.3, 0.4) is 0 Å². The van der Waals surface area contributed by atoms with Gasteiger partial charge in [0.25, 0.3) is 0 Å². The van der Waals surface area contributed by atoms with Gasteiger partial charge >= 0.3 is 0 Å². The monoisotopic (exact) mass is 307 g/mol. The normalized spacial score (nSPS) is 15.6. The van der Waals surface area contributed by atoms with Gasteiger partial charge in [0.1, 0.15) is 13.5 Å². The second-order valence-corrected chi connectivity index (χ2v) is 6.12. The first-order chi connectivity index (χ1) is 11.8. The van der Waals surface area contributed by atoms with E-state index in [1.165, 1.54) is 27.6 Å². The molecule has 2 aromatic heterocycles. The predicted octanol–water partition coefficient (Wildman–Crippen LogP) is 3.54. The van der Waals surface area contributed by atoms with E-state index in [0.717, 1.165) is 16.8 Å². The number of benzene rings is 2. The highest BCUT2D eigenvalue weighted by Gasteiger charge is 2.25. The summed E-state index contributed by atoms with van der Waals surface area (Å²) in [5.74, 6) is 0. The Balaban J connectivity index is 1.83. The van der Waals surface area contributed by atoms with E-state index in [0.29, 0.717) is 0 Å². The maximum atomic E-state index is 5.86. The van der Waals surface area contributed by atoms with Crippen molar-refractivity contribution in [2.75, 3.05) is 5.32 Å². The van der Waals surface area contributed by atoms with Crippen LogP contribution in [0.2, 0.25) is 0 Å². The van der Waals surface area contributed by atoms with E-state index in [-0.39, 0.29) is 6.04 Å². The van der Waals surface area contributed by atoms with Crippen LogP contribution in [0.25, 0.3) is 22.2 Å². The maximum absolute atomic E-state index is 5.86. The van der Waals surface area contributed by atoms with Crippen LogP contribution in [0.4, 0.5) is 5.69 Å². The lowest BCUT2D eigenvalue weighted by Crippen LogP contribution is -2.12. The van der Waals surface area contributed by atoms with E-state index >= 15 is 0 Å². The highest BCUT2D eigenvalue weighted by atomic mass is 14.9. The summed E-state index contributed by atoms with van der Waals surface area (Å²) in [6, 6.07) is 18.6. The molecule has 0 fully saturated rings. The molecule has 3 nitrogen and oxygen atoms in total. The molecule has 0 aliphatic carbocycles. The van der Waals surface area contributed by atoms with Crippen LogP contribution in [-0.4, -0.2) is 17.8 Å². The second-order valence-electron chi connectivity index (χ2n) is 6.12. The molecule has 3 heterocycles. The zero-order chi connectivity index (χ0) is 16.1. The van der Waals surface area contributed by atoms with Crippen molar-refractivity contribution in [1.29, 1.82) is 0 Å². The van der Waals surface area contributed by atoms with Gasteiger partial charge in [-0.3, -0.25) is 0 Å². The van der Waals surface area contributed by atoms with Crippen molar-refractivity contribution < 1.29 is 0 Å². The molecule has 2 N–H and O–H groups in total. The number of fused-ring (bicyclic) bond motifs is 2. The molecular weight excluding hydrogens is 293 g/mol. The topological polar surface area (TPSA) is 40.7 Å². The lowest BCUT2D eigenvalue weighted by molar-refractivity contribution is 0.954. The molecule has 24 heavy (non-hydrogen) atoms. The molecule has 1 aliphatic heterocycles. The van der Waals surface area contributed by atoms with Gasteiger partial charge in [0.15, 0.2) is 0 Å². The predicted molar refractivity (Wildman–Crippen MR) is 98.8 cm³/mol. The van der Waals surface area contributed by atoms with E-state index < -0.39 is 0 Å². The Labute approximate surface area is 141 Å². The minimum Gasteiger partial charge on any atom is -0.374 e. The van der Waals surface area contributed by atoms with Crippen LogP contribution in [0.5, 0.6) is 0 Å². The Hall–Kier alpha value is -3.01. The Morgan fingerprint density at radius 3 is 2.62 bits per heavy atom. The average Bonchev–Trinajstić information content (AvgIpc) is 2.98. The summed E-state index contributed by atoms with van der Waals surface area (Å²) in [4.78, 5) is 7.81. The minimum absolute atomic E-state index is 0.0472. The van der Waals surface area contributed by atoms with Crippen molar-refractivity contribution in [2.24, 2.45) is 0 Å². The van der Waals surface area contributed by atoms with Gasteiger partial charge in [-0.1, -0.05) is 47.9 Å². The highest BCUT2D eigenvalue weighted by Crippen LogP contribution is 2.43. The molecule has 0 spiro atoms. The lowest BCUT2D eigenvalue weighted by atomic mass is 9.91. The molecule has 5 rings (SSSR count). The summed E-state index contributed by atoms with van der Waals surface area (Å²) in [6.45, 7) is 0. The number of para-hydroxylation sites is 1. The number of pyridine rings is 1. The molecule has 1 atom stereocenters. The quantitative estimate of drug-likeness (QED) is 0.528. The van der Waals surface area contributed by atoms with E-state index in [2.05, 4.69) is 63.9 Å². The summed E-state index contributed by atoms with van der Waals surface area (Å²) in [5, 5.41) is 4.88. The van der Waals surface area contributed by atoms with Crippen LogP contribution in [0, 0.1) is 0 Å². The first-order valence-electron chi connectivity index (χ1n) is 7.98. The van der Waals surface area contributed by atoms with Crippen molar-refractivity contribution in [2.45, 2.75) is 6.04 Å². The van der Waals surface area contributed by atoms with Gasteiger partial charge in [-0.25, -0.2) is 4.98 Å². The largest absolute Gasteiger partial charge is 0.374 e. The molecule has 112 valence electrons. The molecular formula is C20H14BN3. The summed E-state index contributed by atoms with van der Waals surface area (Å²) < 4.78 is 0. The van der Waals surface area contributed by atoms with Crippen molar-refractivity contribution in [3.8, 4) is 11.1 Å². The maximum Gasteiger partial charge on any atom is 0.138 e. The second kappa shape index (κ2) is 5.00. The molecule has 2 radical (unpaired) electrons. The molecule has 0 saturated carbocycles. The SMILES string of the molecule is [B]c1ccc(C2Nc3ccccc3-c3ccnc4[nH]cc2c34)cc1. The number of nitrogens with one attached hydrogen (secondary N) is 2. The fourth-order valence-electron chi connectivity index (χ4n) is 3.56. The fourth-order valence-corrected chi connectivity index (χ4v) is 3.56. The molecule has 1 aliphatic rings. The first-order valence-corrected chi connectivity index (χ1v) is 7.98. The van der Waals surface area contributed by atoms with Gasteiger partial charge < -0.3 is 10.3 Å². The highest BCUT2D eigenvalue weighted by molar-refractivity contribution is 6.32. The van der Waals surface area contributed by atoms with E-state index in [9.17, 15) is 0 Å². The van der Waals surface area contributed by atoms with Gasteiger partial charge in [-0.15, -0.1) is 0 Å². The number of hydrogen-bond donors (Lipinski definition) is 2. The molecule has 0 saturated heterocycles.